The number of carbonyl (C=O) groups excluding carboxylic acids is 1. The molecule has 126 valence electrons. The summed E-state index contributed by atoms with van der Waals surface area (Å²) in [5.41, 5.74) is 2.43. The van der Waals surface area contributed by atoms with E-state index in [1.807, 2.05) is 13.8 Å². The van der Waals surface area contributed by atoms with Crippen LogP contribution in [0.2, 0.25) is 5.02 Å². The van der Waals surface area contributed by atoms with Crippen molar-refractivity contribution < 1.29 is 4.79 Å². The summed E-state index contributed by atoms with van der Waals surface area (Å²) in [6, 6.07) is 9.09. The van der Waals surface area contributed by atoms with Gasteiger partial charge < -0.3 is 0 Å². The first-order valence-electron chi connectivity index (χ1n) is 7.86. The molecular weight excluding hydrogens is 356 g/mol. The first-order chi connectivity index (χ1) is 12.1. The van der Waals surface area contributed by atoms with Gasteiger partial charge in [-0.3, -0.25) is 4.79 Å². The molecular formula is C18H15ClN4OS. The van der Waals surface area contributed by atoms with Gasteiger partial charge in [-0.2, -0.15) is 15.0 Å². The SMILES string of the molecule is CCc1c(C#N)sc(-c2ncnn2C(=O)c2ccccc2Cl)c1CC. The molecule has 0 fully saturated rings. The summed E-state index contributed by atoms with van der Waals surface area (Å²) in [5.74, 6) is 0.105. The quantitative estimate of drug-likeness (QED) is 0.684. The third-order valence-electron chi connectivity index (χ3n) is 3.97. The molecule has 0 bridgehead atoms. The molecule has 0 radical (unpaired) electrons. The first-order valence-corrected chi connectivity index (χ1v) is 9.06. The molecule has 2 aromatic heterocycles. The molecule has 0 amide bonds. The first kappa shape index (κ1) is 17.3. The number of benzene rings is 1. The normalized spacial score (nSPS) is 10.6. The molecule has 0 unspecified atom stereocenters. The Kier molecular flexibility index (Phi) is 4.98. The largest absolute Gasteiger partial charge is 0.281 e. The van der Waals surface area contributed by atoms with Crippen LogP contribution in [-0.2, 0) is 12.8 Å². The minimum Gasteiger partial charge on any atom is -0.267 e. The van der Waals surface area contributed by atoms with Crippen LogP contribution in [0.5, 0.6) is 0 Å². The summed E-state index contributed by atoms with van der Waals surface area (Å²) in [6.07, 6.45) is 2.86. The molecule has 0 saturated heterocycles. The van der Waals surface area contributed by atoms with Crippen molar-refractivity contribution in [1.29, 1.82) is 5.26 Å². The third kappa shape index (κ3) is 2.97. The molecule has 5 nitrogen and oxygen atoms in total. The number of aromatic nitrogens is 3. The fourth-order valence-corrected chi connectivity index (χ4v) is 4.29. The molecule has 0 aliphatic carbocycles. The van der Waals surface area contributed by atoms with Crippen molar-refractivity contribution in [2.75, 3.05) is 0 Å². The van der Waals surface area contributed by atoms with Gasteiger partial charge in [0.2, 0.25) is 0 Å². The Labute approximate surface area is 154 Å². The van der Waals surface area contributed by atoms with Gasteiger partial charge in [-0.15, -0.1) is 11.3 Å². The van der Waals surface area contributed by atoms with Crippen LogP contribution in [0.1, 0.15) is 40.2 Å². The standard InChI is InChI=1S/C18H15ClN4OS/c1-3-11-12(4-2)16(25-15(11)9-20)17-21-10-22-23(17)18(24)13-7-5-6-8-14(13)19/h5-8,10H,3-4H2,1-2H3. The van der Waals surface area contributed by atoms with Gasteiger partial charge in [0, 0.05) is 0 Å². The Hall–Kier alpha value is -2.49. The van der Waals surface area contributed by atoms with E-state index in [0.29, 0.717) is 21.3 Å². The molecule has 1 aromatic carbocycles. The van der Waals surface area contributed by atoms with Crippen LogP contribution in [0, 0.1) is 11.3 Å². The summed E-state index contributed by atoms with van der Waals surface area (Å²) >= 11 is 7.50. The number of rotatable bonds is 4. The highest BCUT2D eigenvalue weighted by Crippen LogP contribution is 2.36. The summed E-state index contributed by atoms with van der Waals surface area (Å²) in [6.45, 7) is 4.05. The molecule has 0 aliphatic rings. The zero-order chi connectivity index (χ0) is 18.0. The average Bonchev–Trinajstić information content (AvgIpc) is 3.24. The number of hydrogen-bond donors (Lipinski definition) is 0. The van der Waals surface area contributed by atoms with E-state index in [2.05, 4.69) is 16.2 Å². The number of hydrogen-bond acceptors (Lipinski definition) is 5. The van der Waals surface area contributed by atoms with Crippen LogP contribution < -0.4 is 0 Å². The van der Waals surface area contributed by atoms with Gasteiger partial charge in [0.05, 0.1) is 15.5 Å². The zero-order valence-electron chi connectivity index (χ0n) is 13.8. The number of nitrogens with zero attached hydrogens (tertiary/aromatic N) is 4. The summed E-state index contributed by atoms with van der Waals surface area (Å²) < 4.78 is 1.26. The van der Waals surface area contributed by atoms with Gasteiger partial charge in [-0.05, 0) is 36.1 Å². The zero-order valence-corrected chi connectivity index (χ0v) is 15.4. The molecule has 0 N–H and O–H groups in total. The second-order valence-corrected chi connectivity index (χ2v) is 6.74. The number of halogens is 1. The monoisotopic (exact) mass is 370 g/mol. The highest BCUT2D eigenvalue weighted by molar-refractivity contribution is 7.16. The van der Waals surface area contributed by atoms with Crippen molar-refractivity contribution in [3.05, 3.63) is 57.2 Å². The van der Waals surface area contributed by atoms with E-state index in [0.717, 1.165) is 28.8 Å². The molecule has 3 aromatic rings. The van der Waals surface area contributed by atoms with E-state index in [9.17, 15) is 10.1 Å². The van der Waals surface area contributed by atoms with Crippen LogP contribution >= 0.6 is 22.9 Å². The van der Waals surface area contributed by atoms with Gasteiger partial charge in [0.15, 0.2) is 5.82 Å². The smallest absolute Gasteiger partial charge is 0.267 e. The summed E-state index contributed by atoms with van der Waals surface area (Å²) in [4.78, 5) is 18.6. The van der Waals surface area contributed by atoms with E-state index in [-0.39, 0.29) is 5.91 Å². The van der Waals surface area contributed by atoms with E-state index in [1.54, 1.807) is 24.3 Å². The third-order valence-corrected chi connectivity index (χ3v) is 5.48. The highest BCUT2D eigenvalue weighted by atomic mass is 35.5. The van der Waals surface area contributed by atoms with Crippen molar-refractivity contribution >= 4 is 28.8 Å². The lowest BCUT2D eigenvalue weighted by Gasteiger charge is -2.07. The summed E-state index contributed by atoms with van der Waals surface area (Å²) in [5, 5.41) is 13.9. The number of thiophene rings is 1. The average molecular weight is 371 g/mol. The van der Waals surface area contributed by atoms with Crippen LogP contribution in [0.3, 0.4) is 0 Å². The van der Waals surface area contributed by atoms with Gasteiger partial charge in [0.25, 0.3) is 5.91 Å². The Balaban J connectivity index is 2.16. The molecule has 3 rings (SSSR count). The fourth-order valence-electron chi connectivity index (χ4n) is 2.81. The van der Waals surface area contributed by atoms with E-state index < -0.39 is 0 Å². The van der Waals surface area contributed by atoms with Crippen molar-refractivity contribution in [3.8, 4) is 16.8 Å². The van der Waals surface area contributed by atoms with Crippen LogP contribution in [-0.4, -0.2) is 20.7 Å². The maximum atomic E-state index is 12.9. The maximum Gasteiger partial charge on any atom is 0.281 e. The van der Waals surface area contributed by atoms with Crippen molar-refractivity contribution in [3.63, 3.8) is 0 Å². The fraction of sp³-hybridized carbons (Fsp3) is 0.222. The second-order valence-electron chi connectivity index (χ2n) is 5.32. The van der Waals surface area contributed by atoms with Gasteiger partial charge in [0.1, 0.15) is 17.3 Å². The Morgan fingerprint density at radius 1 is 1.28 bits per heavy atom. The van der Waals surface area contributed by atoms with Gasteiger partial charge >= 0.3 is 0 Å². The van der Waals surface area contributed by atoms with Gasteiger partial charge in [-0.1, -0.05) is 37.6 Å². The molecule has 2 heterocycles. The maximum absolute atomic E-state index is 12.9. The predicted octanol–water partition coefficient (Wildman–Crippen LogP) is 4.34. The van der Waals surface area contributed by atoms with Crippen molar-refractivity contribution in [2.45, 2.75) is 26.7 Å². The number of carbonyl (C=O) groups is 1. The molecule has 7 heteroatoms. The molecule has 0 atom stereocenters. The summed E-state index contributed by atoms with van der Waals surface area (Å²) in [7, 11) is 0. The van der Waals surface area contributed by atoms with E-state index in [1.165, 1.54) is 22.3 Å². The van der Waals surface area contributed by atoms with Crippen molar-refractivity contribution in [1.82, 2.24) is 14.8 Å². The molecule has 0 aliphatic heterocycles. The number of nitriles is 1. The van der Waals surface area contributed by atoms with Crippen molar-refractivity contribution in [2.24, 2.45) is 0 Å². The van der Waals surface area contributed by atoms with Crippen LogP contribution in [0.15, 0.2) is 30.6 Å². The Morgan fingerprint density at radius 2 is 2.00 bits per heavy atom. The minimum atomic E-state index is -0.342. The lowest BCUT2D eigenvalue weighted by Crippen LogP contribution is -2.15. The molecule has 0 saturated carbocycles. The Morgan fingerprint density at radius 3 is 2.64 bits per heavy atom. The Bertz CT molecular complexity index is 983. The highest BCUT2D eigenvalue weighted by Gasteiger charge is 2.24. The second kappa shape index (κ2) is 7.18. The van der Waals surface area contributed by atoms with Crippen LogP contribution in [0.25, 0.3) is 10.7 Å². The molecule has 25 heavy (non-hydrogen) atoms. The van der Waals surface area contributed by atoms with E-state index in [4.69, 9.17) is 11.6 Å². The molecule has 0 spiro atoms. The van der Waals surface area contributed by atoms with Gasteiger partial charge in [-0.25, -0.2) is 4.98 Å². The lowest BCUT2D eigenvalue weighted by atomic mass is 10.0. The van der Waals surface area contributed by atoms with Crippen LogP contribution in [0.4, 0.5) is 0 Å². The van der Waals surface area contributed by atoms with E-state index >= 15 is 0 Å². The predicted molar refractivity (Wildman–Crippen MR) is 98.0 cm³/mol. The minimum absolute atomic E-state index is 0.342. The lowest BCUT2D eigenvalue weighted by molar-refractivity contribution is 0.0947. The topological polar surface area (TPSA) is 71.6 Å².